The largest absolute Gasteiger partial charge is 0.335 e. The van der Waals surface area contributed by atoms with Gasteiger partial charge in [-0.15, -0.1) is 0 Å². The van der Waals surface area contributed by atoms with Crippen molar-refractivity contribution in [2.75, 3.05) is 26.2 Å². The van der Waals surface area contributed by atoms with Gasteiger partial charge < -0.3 is 9.80 Å². The lowest BCUT2D eigenvalue weighted by molar-refractivity contribution is 0.0394. The topological polar surface area (TPSA) is 113 Å². The van der Waals surface area contributed by atoms with Crippen LogP contribution >= 0.6 is 0 Å². The molecule has 0 aliphatic carbocycles. The normalized spacial score (nSPS) is 17.4. The average Bonchev–Trinajstić information content (AvgIpc) is 2.72. The molecule has 9 heteroatoms. The van der Waals surface area contributed by atoms with Gasteiger partial charge in [0, 0.05) is 37.3 Å². The maximum atomic E-state index is 12.9. The second-order valence-electron chi connectivity index (χ2n) is 6.53. The number of hydrogen-bond donors (Lipinski definition) is 2. The van der Waals surface area contributed by atoms with Crippen LogP contribution in [0.3, 0.4) is 0 Å². The first-order valence-electron chi connectivity index (χ1n) is 8.83. The summed E-state index contributed by atoms with van der Waals surface area (Å²) in [5, 5.41) is 5.05. The lowest BCUT2D eigenvalue weighted by atomic mass is 10.1. The summed E-state index contributed by atoms with van der Waals surface area (Å²) >= 11 is 0. The minimum Gasteiger partial charge on any atom is -0.335 e. The molecule has 28 heavy (non-hydrogen) atoms. The first kappa shape index (κ1) is 20.0. The van der Waals surface area contributed by atoms with Gasteiger partial charge in [0.05, 0.1) is 6.04 Å². The Kier molecular flexibility index (Phi) is 6.08. The van der Waals surface area contributed by atoms with Crippen LogP contribution in [0.15, 0.2) is 60.7 Å². The Labute approximate surface area is 164 Å². The van der Waals surface area contributed by atoms with Gasteiger partial charge in [-0.2, -0.15) is 8.42 Å². The first-order chi connectivity index (χ1) is 13.3. The van der Waals surface area contributed by atoms with Gasteiger partial charge in [0.25, 0.3) is 22.0 Å². The average molecular weight is 402 g/mol. The second-order valence-corrected chi connectivity index (χ2v) is 7.91. The number of amides is 2. The molecular formula is C19H22N4O4S. The highest BCUT2D eigenvalue weighted by Crippen LogP contribution is 2.16. The number of benzene rings is 2. The van der Waals surface area contributed by atoms with Crippen molar-refractivity contribution in [2.45, 2.75) is 6.04 Å². The Morgan fingerprint density at radius 2 is 1.46 bits per heavy atom. The quantitative estimate of drug-likeness (QED) is 0.756. The SMILES string of the molecule is NS(=O)(=O)NCC1CN(C(=O)c2ccccc2)CCN1C(=O)c1ccccc1. The van der Waals surface area contributed by atoms with E-state index in [1.165, 1.54) is 0 Å². The molecule has 1 unspecified atom stereocenters. The number of hydrogen-bond acceptors (Lipinski definition) is 4. The van der Waals surface area contributed by atoms with Gasteiger partial charge in [-0.25, -0.2) is 9.86 Å². The van der Waals surface area contributed by atoms with Crippen LogP contribution in [0, 0.1) is 0 Å². The van der Waals surface area contributed by atoms with Crippen LogP contribution in [0.4, 0.5) is 0 Å². The predicted molar refractivity (Wildman–Crippen MR) is 105 cm³/mol. The summed E-state index contributed by atoms with van der Waals surface area (Å²) in [5.41, 5.74) is 1.05. The monoisotopic (exact) mass is 402 g/mol. The Balaban J connectivity index is 1.79. The van der Waals surface area contributed by atoms with Gasteiger partial charge in [0.1, 0.15) is 0 Å². The van der Waals surface area contributed by atoms with Crippen molar-refractivity contribution in [3.8, 4) is 0 Å². The molecule has 8 nitrogen and oxygen atoms in total. The number of carbonyl (C=O) groups is 2. The van der Waals surface area contributed by atoms with E-state index in [4.69, 9.17) is 5.14 Å². The van der Waals surface area contributed by atoms with Crippen molar-refractivity contribution in [1.82, 2.24) is 14.5 Å². The third-order valence-corrected chi connectivity index (χ3v) is 5.16. The smallest absolute Gasteiger partial charge is 0.274 e. The first-order valence-corrected chi connectivity index (χ1v) is 10.4. The molecule has 3 rings (SSSR count). The third-order valence-electron chi connectivity index (χ3n) is 4.59. The molecule has 1 saturated heterocycles. The molecule has 3 N–H and O–H groups in total. The van der Waals surface area contributed by atoms with E-state index in [2.05, 4.69) is 4.72 Å². The lowest BCUT2D eigenvalue weighted by Crippen LogP contribution is -2.60. The molecule has 148 valence electrons. The maximum Gasteiger partial charge on any atom is 0.274 e. The van der Waals surface area contributed by atoms with Crippen molar-refractivity contribution >= 4 is 22.0 Å². The van der Waals surface area contributed by atoms with Crippen LogP contribution in [0.25, 0.3) is 0 Å². The van der Waals surface area contributed by atoms with Crippen molar-refractivity contribution in [2.24, 2.45) is 5.14 Å². The number of nitrogens with one attached hydrogen (secondary N) is 1. The fourth-order valence-corrected chi connectivity index (χ4v) is 3.63. The molecule has 0 saturated carbocycles. The molecule has 1 aliphatic rings. The lowest BCUT2D eigenvalue weighted by Gasteiger charge is -2.41. The minimum atomic E-state index is -3.92. The number of rotatable bonds is 5. The summed E-state index contributed by atoms with van der Waals surface area (Å²) < 4.78 is 24.9. The second kappa shape index (κ2) is 8.51. The number of nitrogens with zero attached hydrogens (tertiary/aromatic N) is 2. The zero-order valence-electron chi connectivity index (χ0n) is 15.2. The summed E-state index contributed by atoms with van der Waals surface area (Å²) in [6.07, 6.45) is 0. The molecule has 1 aliphatic heterocycles. The van der Waals surface area contributed by atoms with E-state index < -0.39 is 16.3 Å². The maximum absolute atomic E-state index is 12.9. The summed E-state index contributed by atoms with van der Waals surface area (Å²) in [6, 6.07) is 17.0. The van der Waals surface area contributed by atoms with E-state index in [1.807, 2.05) is 12.1 Å². The van der Waals surface area contributed by atoms with Gasteiger partial charge in [-0.05, 0) is 24.3 Å². The molecule has 0 spiro atoms. The van der Waals surface area contributed by atoms with Crippen LogP contribution < -0.4 is 9.86 Å². The molecule has 0 bridgehead atoms. The molecule has 1 fully saturated rings. The van der Waals surface area contributed by atoms with Crippen LogP contribution in [0.2, 0.25) is 0 Å². The van der Waals surface area contributed by atoms with Gasteiger partial charge in [0.2, 0.25) is 0 Å². The van der Waals surface area contributed by atoms with Crippen LogP contribution in [-0.4, -0.2) is 62.3 Å². The van der Waals surface area contributed by atoms with Crippen molar-refractivity contribution in [1.29, 1.82) is 0 Å². The third kappa shape index (κ3) is 4.94. The molecule has 2 aromatic carbocycles. The van der Waals surface area contributed by atoms with E-state index in [1.54, 1.807) is 58.3 Å². The van der Waals surface area contributed by atoms with Gasteiger partial charge in [-0.1, -0.05) is 36.4 Å². The van der Waals surface area contributed by atoms with Crippen molar-refractivity contribution in [3.63, 3.8) is 0 Å². The molecule has 1 atom stereocenters. The molecule has 1 heterocycles. The van der Waals surface area contributed by atoms with E-state index >= 15 is 0 Å². The standard InChI is InChI=1S/C19H22N4O4S/c20-28(26,27)21-13-17-14-22(18(24)15-7-3-1-4-8-15)11-12-23(17)19(25)16-9-5-2-6-10-16/h1-10,17,21H,11-14H2,(H2,20,26,27). The Morgan fingerprint density at radius 1 is 0.929 bits per heavy atom. The summed E-state index contributed by atoms with van der Waals surface area (Å²) in [5.74, 6) is -0.373. The van der Waals surface area contributed by atoms with Gasteiger partial charge in [-0.3, -0.25) is 9.59 Å². The molecule has 2 aromatic rings. The highest BCUT2D eigenvalue weighted by Gasteiger charge is 2.33. The molecule has 0 aromatic heterocycles. The summed E-state index contributed by atoms with van der Waals surface area (Å²) in [6.45, 7) is 0.784. The highest BCUT2D eigenvalue weighted by molar-refractivity contribution is 7.87. The van der Waals surface area contributed by atoms with E-state index in [0.717, 1.165) is 0 Å². The summed E-state index contributed by atoms with van der Waals surface area (Å²) in [7, 11) is -3.92. The van der Waals surface area contributed by atoms with Gasteiger partial charge >= 0.3 is 0 Å². The van der Waals surface area contributed by atoms with Crippen LogP contribution in [-0.2, 0) is 10.2 Å². The fourth-order valence-electron chi connectivity index (χ4n) is 3.20. The highest BCUT2D eigenvalue weighted by atomic mass is 32.2. The minimum absolute atomic E-state index is 0.0734. The number of piperazine rings is 1. The number of nitrogens with two attached hydrogens (primary N) is 1. The van der Waals surface area contributed by atoms with Gasteiger partial charge in [0.15, 0.2) is 0 Å². The molecule has 0 radical (unpaired) electrons. The molecule has 2 amide bonds. The number of carbonyl (C=O) groups excluding carboxylic acids is 2. The Hall–Kier alpha value is -2.75. The van der Waals surface area contributed by atoms with E-state index in [-0.39, 0.29) is 24.9 Å². The zero-order chi connectivity index (χ0) is 20.1. The predicted octanol–water partition coefficient (Wildman–Crippen LogP) is 0.447. The zero-order valence-corrected chi connectivity index (χ0v) is 16.0. The van der Waals surface area contributed by atoms with Crippen LogP contribution in [0.5, 0.6) is 0 Å². The van der Waals surface area contributed by atoms with Crippen molar-refractivity contribution in [3.05, 3.63) is 71.8 Å². The van der Waals surface area contributed by atoms with E-state index in [0.29, 0.717) is 24.2 Å². The van der Waals surface area contributed by atoms with Crippen LogP contribution in [0.1, 0.15) is 20.7 Å². The fraction of sp³-hybridized carbons (Fsp3) is 0.263. The summed E-state index contributed by atoms with van der Waals surface area (Å²) in [4.78, 5) is 28.9. The Bertz CT molecular complexity index is 935. The van der Waals surface area contributed by atoms with E-state index in [9.17, 15) is 18.0 Å². The molecular weight excluding hydrogens is 380 g/mol. The Morgan fingerprint density at radius 3 is 2.00 bits per heavy atom. The van der Waals surface area contributed by atoms with Crippen molar-refractivity contribution < 1.29 is 18.0 Å².